The zero-order chi connectivity index (χ0) is 13.6. The predicted octanol–water partition coefficient (Wildman–Crippen LogP) is -0.297. The Kier molecular flexibility index (Phi) is 5.60. The molecule has 0 heterocycles. The van der Waals surface area contributed by atoms with E-state index in [0.717, 1.165) is 0 Å². The molecule has 0 saturated heterocycles. The van der Waals surface area contributed by atoms with Crippen molar-refractivity contribution in [3.05, 3.63) is 0 Å². The van der Waals surface area contributed by atoms with Crippen LogP contribution in [-0.4, -0.2) is 47.3 Å². The SMILES string of the molecule is CCOC(=O)CNC(C(=O)O)C(C)(C)C(=O)O. The molecule has 0 radical (unpaired) electrons. The molecule has 7 nitrogen and oxygen atoms in total. The average molecular weight is 247 g/mol. The van der Waals surface area contributed by atoms with Gasteiger partial charge in [0.25, 0.3) is 0 Å². The van der Waals surface area contributed by atoms with Gasteiger partial charge in [0.1, 0.15) is 6.04 Å². The summed E-state index contributed by atoms with van der Waals surface area (Å²) in [5.41, 5.74) is -1.53. The van der Waals surface area contributed by atoms with E-state index < -0.39 is 29.4 Å². The molecule has 0 amide bonds. The Morgan fingerprint density at radius 2 is 1.82 bits per heavy atom. The third-order valence-electron chi connectivity index (χ3n) is 2.28. The van der Waals surface area contributed by atoms with E-state index in [1.165, 1.54) is 13.8 Å². The fourth-order valence-corrected chi connectivity index (χ4v) is 1.17. The van der Waals surface area contributed by atoms with Crippen LogP contribution in [0.5, 0.6) is 0 Å². The first kappa shape index (κ1) is 15.4. The highest BCUT2D eigenvalue weighted by molar-refractivity contribution is 5.85. The maximum Gasteiger partial charge on any atom is 0.321 e. The molecule has 0 aromatic heterocycles. The fraction of sp³-hybridized carbons (Fsp3) is 0.700. The van der Waals surface area contributed by atoms with Gasteiger partial charge in [-0.05, 0) is 20.8 Å². The molecule has 0 aliphatic heterocycles. The van der Waals surface area contributed by atoms with Crippen LogP contribution in [-0.2, 0) is 19.1 Å². The van der Waals surface area contributed by atoms with Crippen LogP contribution in [0.4, 0.5) is 0 Å². The largest absolute Gasteiger partial charge is 0.481 e. The zero-order valence-electron chi connectivity index (χ0n) is 10.0. The van der Waals surface area contributed by atoms with Gasteiger partial charge in [0, 0.05) is 0 Å². The summed E-state index contributed by atoms with van der Waals surface area (Å²) in [5, 5.41) is 20.2. The number of hydrogen-bond acceptors (Lipinski definition) is 5. The highest BCUT2D eigenvalue weighted by atomic mass is 16.5. The number of hydrogen-bond donors (Lipinski definition) is 3. The van der Waals surface area contributed by atoms with Gasteiger partial charge in [-0.15, -0.1) is 0 Å². The van der Waals surface area contributed by atoms with E-state index in [1.54, 1.807) is 6.92 Å². The van der Waals surface area contributed by atoms with Crippen LogP contribution in [0, 0.1) is 5.41 Å². The molecule has 0 bridgehead atoms. The molecule has 7 heteroatoms. The Morgan fingerprint density at radius 3 is 2.18 bits per heavy atom. The molecular weight excluding hydrogens is 230 g/mol. The topological polar surface area (TPSA) is 113 Å². The standard InChI is InChI=1S/C10H17NO6/c1-4-17-6(12)5-11-7(8(13)14)10(2,3)9(15)16/h7,11H,4-5H2,1-3H3,(H,13,14)(H,15,16). The van der Waals surface area contributed by atoms with Crippen LogP contribution >= 0.6 is 0 Å². The van der Waals surface area contributed by atoms with Crippen LogP contribution in [0.3, 0.4) is 0 Å². The molecule has 0 aromatic rings. The number of carboxylic acid groups (broad SMARTS) is 2. The van der Waals surface area contributed by atoms with Crippen molar-refractivity contribution < 1.29 is 29.3 Å². The van der Waals surface area contributed by atoms with Crippen molar-refractivity contribution in [1.29, 1.82) is 0 Å². The maximum atomic E-state index is 11.0. The van der Waals surface area contributed by atoms with Crippen LogP contribution in [0.1, 0.15) is 20.8 Å². The Balaban J connectivity index is 4.62. The van der Waals surface area contributed by atoms with E-state index >= 15 is 0 Å². The first-order valence-corrected chi connectivity index (χ1v) is 5.08. The highest BCUT2D eigenvalue weighted by Gasteiger charge is 2.41. The summed E-state index contributed by atoms with van der Waals surface area (Å²) < 4.78 is 4.60. The van der Waals surface area contributed by atoms with E-state index in [-0.39, 0.29) is 13.2 Å². The maximum absolute atomic E-state index is 11.0. The molecule has 1 unspecified atom stereocenters. The van der Waals surface area contributed by atoms with Gasteiger partial charge in [0.15, 0.2) is 0 Å². The zero-order valence-corrected chi connectivity index (χ0v) is 10.0. The number of carbonyl (C=O) groups is 3. The number of esters is 1. The molecular formula is C10H17NO6. The van der Waals surface area contributed by atoms with Crippen molar-refractivity contribution in [2.24, 2.45) is 5.41 Å². The van der Waals surface area contributed by atoms with E-state index in [2.05, 4.69) is 10.1 Å². The summed E-state index contributed by atoms with van der Waals surface area (Å²) in [6.07, 6.45) is 0. The minimum absolute atomic E-state index is 0.181. The fourth-order valence-electron chi connectivity index (χ4n) is 1.17. The van der Waals surface area contributed by atoms with E-state index in [1.807, 2.05) is 0 Å². The average Bonchev–Trinajstić information content (AvgIpc) is 2.16. The van der Waals surface area contributed by atoms with Gasteiger partial charge >= 0.3 is 17.9 Å². The van der Waals surface area contributed by atoms with Crippen molar-refractivity contribution in [2.75, 3.05) is 13.2 Å². The second kappa shape index (κ2) is 6.19. The molecule has 0 aliphatic rings. The smallest absolute Gasteiger partial charge is 0.321 e. The molecule has 17 heavy (non-hydrogen) atoms. The van der Waals surface area contributed by atoms with Gasteiger partial charge in [-0.3, -0.25) is 19.7 Å². The van der Waals surface area contributed by atoms with Crippen molar-refractivity contribution >= 4 is 17.9 Å². The quantitative estimate of drug-likeness (QED) is 0.529. The van der Waals surface area contributed by atoms with E-state index in [0.29, 0.717) is 0 Å². The monoisotopic (exact) mass is 247 g/mol. The molecule has 1 atom stereocenters. The summed E-state index contributed by atoms with van der Waals surface area (Å²) >= 11 is 0. The number of carbonyl (C=O) groups excluding carboxylic acids is 1. The van der Waals surface area contributed by atoms with Crippen LogP contribution in [0.2, 0.25) is 0 Å². The van der Waals surface area contributed by atoms with Crippen molar-refractivity contribution in [3.8, 4) is 0 Å². The number of nitrogens with one attached hydrogen (secondary N) is 1. The summed E-state index contributed by atoms with van der Waals surface area (Å²) in [6, 6.07) is -1.37. The van der Waals surface area contributed by atoms with E-state index in [9.17, 15) is 14.4 Å². The summed E-state index contributed by atoms with van der Waals surface area (Å²) in [5.74, 6) is -3.22. The number of rotatable bonds is 7. The van der Waals surface area contributed by atoms with Gasteiger partial charge in [-0.25, -0.2) is 0 Å². The summed E-state index contributed by atoms with van der Waals surface area (Å²) in [4.78, 5) is 32.9. The molecule has 0 fully saturated rings. The second-order valence-electron chi connectivity index (χ2n) is 3.98. The van der Waals surface area contributed by atoms with Crippen LogP contribution < -0.4 is 5.32 Å². The molecule has 0 rings (SSSR count). The van der Waals surface area contributed by atoms with Crippen LogP contribution in [0.25, 0.3) is 0 Å². The van der Waals surface area contributed by atoms with Gasteiger partial charge in [0.2, 0.25) is 0 Å². The third-order valence-corrected chi connectivity index (χ3v) is 2.28. The van der Waals surface area contributed by atoms with Crippen molar-refractivity contribution in [1.82, 2.24) is 5.32 Å². The van der Waals surface area contributed by atoms with Gasteiger partial charge < -0.3 is 14.9 Å². The lowest BCUT2D eigenvalue weighted by Gasteiger charge is -2.27. The lowest BCUT2D eigenvalue weighted by atomic mass is 9.84. The van der Waals surface area contributed by atoms with Crippen LogP contribution in [0.15, 0.2) is 0 Å². The number of aliphatic carboxylic acids is 2. The predicted molar refractivity (Wildman–Crippen MR) is 57.5 cm³/mol. The molecule has 0 spiro atoms. The Bertz CT molecular complexity index is 312. The molecule has 0 saturated carbocycles. The van der Waals surface area contributed by atoms with Gasteiger partial charge in [-0.1, -0.05) is 0 Å². The molecule has 0 aliphatic carbocycles. The minimum Gasteiger partial charge on any atom is -0.481 e. The normalized spacial score (nSPS) is 12.9. The molecule has 0 aromatic carbocycles. The van der Waals surface area contributed by atoms with E-state index in [4.69, 9.17) is 10.2 Å². The van der Waals surface area contributed by atoms with Crippen molar-refractivity contribution in [3.63, 3.8) is 0 Å². The van der Waals surface area contributed by atoms with Gasteiger partial charge in [-0.2, -0.15) is 0 Å². The highest BCUT2D eigenvalue weighted by Crippen LogP contribution is 2.21. The Labute approximate surface area is 98.8 Å². The molecule has 98 valence electrons. The Morgan fingerprint density at radius 1 is 1.29 bits per heavy atom. The lowest BCUT2D eigenvalue weighted by Crippen LogP contribution is -2.53. The first-order valence-electron chi connectivity index (χ1n) is 5.08. The van der Waals surface area contributed by atoms with Crippen molar-refractivity contribution in [2.45, 2.75) is 26.8 Å². The summed E-state index contributed by atoms with van der Waals surface area (Å²) in [6.45, 7) is 3.99. The lowest BCUT2D eigenvalue weighted by molar-refractivity contribution is -0.157. The Hall–Kier alpha value is -1.63. The minimum atomic E-state index is -1.53. The summed E-state index contributed by atoms with van der Waals surface area (Å²) in [7, 11) is 0. The third kappa shape index (κ3) is 4.39. The first-order chi connectivity index (χ1) is 7.73. The second-order valence-corrected chi connectivity index (χ2v) is 3.98. The number of carboxylic acids is 2. The number of ether oxygens (including phenoxy) is 1. The van der Waals surface area contributed by atoms with Gasteiger partial charge in [0.05, 0.1) is 18.6 Å². The molecule has 3 N–H and O–H groups in total.